The van der Waals surface area contributed by atoms with Crippen LogP contribution in [-0.4, -0.2) is 28.3 Å². The van der Waals surface area contributed by atoms with E-state index in [9.17, 15) is 9.59 Å². The summed E-state index contributed by atoms with van der Waals surface area (Å²) < 4.78 is 15.6. The molecule has 0 fully saturated rings. The third-order valence-electron chi connectivity index (χ3n) is 8.79. The second-order valence-electron chi connectivity index (χ2n) is 11.5. The first-order chi connectivity index (χ1) is 22.9. The molecule has 236 valence electrons. The summed E-state index contributed by atoms with van der Waals surface area (Å²) in [5, 5.41) is 3.51. The lowest BCUT2D eigenvalue weighted by Crippen LogP contribution is -2.39. The maximum Gasteiger partial charge on any atom is 0.338 e. The average molecular weight is 642 g/mol. The Balaban J connectivity index is 1.39. The molecule has 1 aliphatic heterocycles. The van der Waals surface area contributed by atoms with Crippen LogP contribution in [0.4, 0.5) is 0 Å². The van der Waals surface area contributed by atoms with E-state index >= 15 is 0 Å². The molecule has 0 spiro atoms. The van der Waals surface area contributed by atoms with Gasteiger partial charge in [-0.05, 0) is 73.9 Å². The van der Waals surface area contributed by atoms with Crippen LogP contribution < -0.4 is 19.6 Å². The number of aromatic nitrogens is 2. The number of fused-ring (bicyclic) bond motifs is 3. The number of ether oxygens (including phenoxy) is 2. The lowest BCUT2D eigenvalue weighted by molar-refractivity contribution is -0.139. The third kappa shape index (κ3) is 5.38. The third-order valence-corrected chi connectivity index (χ3v) is 9.77. The molecular weight excluding hydrogens is 607 g/mol. The van der Waals surface area contributed by atoms with Gasteiger partial charge < -0.3 is 14.0 Å². The minimum Gasteiger partial charge on any atom is -0.494 e. The first kappa shape index (κ1) is 30.4. The number of hydrogen-bond acceptors (Lipinski definition) is 6. The number of carbonyl (C=O) groups is 1. The molecule has 1 aliphatic rings. The summed E-state index contributed by atoms with van der Waals surface area (Å²) in [6.45, 7) is 9.07. The van der Waals surface area contributed by atoms with Crippen LogP contribution in [0, 0.1) is 6.92 Å². The topological polar surface area (TPSA) is 74.8 Å². The Morgan fingerprint density at radius 2 is 1.62 bits per heavy atom. The highest BCUT2D eigenvalue weighted by molar-refractivity contribution is 7.07. The van der Waals surface area contributed by atoms with Crippen molar-refractivity contribution in [2.75, 3.05) is 13.2 Å². The van der Waals surface area contributed by atoms with Gasteiger partial charge in [-0.2, -0.15) is 0 Å². The van der Waals surface area contributed by atoms with Crippen molar-refractivity contribution in [2.45, 2.75) is 40.3 Å². The van der Waals surface area contributed by atoms with E-state index < -0.39 is 12.0 Å². The Labute approximate surface area is 276 Å². The van der Waals surface area contributed by atoms with Crippen LogP contribution in [0.3, 0.4) is 0 Å². The zero-order chi connectivity index (χ0) is 32.7. The number of thiazole rings is 1. The first-order valence-corrected chi connectivity index (χ1v) is 16.7. The van der Waals surface area contributed by atoms with E-state index in [1.54, 1.807) is 18.4 Å². The molecule has 0 unspecified atom stereocenters. The van der Waals surface area contributed by atoms with Gasteiger partial charge in [-0.25, -0.2) is 9.79 Å². The molecule has 8 heteroatoms. The van der Waals surface area contributed by atoms with Crippen molar-refractivity contribution in [3.8, 4) is 5.75 Å². The summed E-state index contributed by atoms with van der Waals surface area (Å²) in [4.78, 5) is 33.0. The van der Waals surface area contributed by atoms with Crippen molar-refractivity contribution in [2.24, 2.45) is 4.99 Å². The largest absolute Gasteiger partial charge is 0.494 e. The Morgan fingerprint density at radius 3 is 2.38 bits per heavy atom. The van der Waals surface area contributed by atoms with Gasteiger partial charge in [-0.1, -0.05) is 84.1 Å². The Hall–Kier alpha value is -5.21. The molecule has 6 aromatic rings. The zero-order valence-electron chi connectivity index (χ0n) is 26.8. The van der Waals surface area contributed by atoms with Gasteiger partial charge in [0.2, 0.25) is 0 Å². The molecule has 2 aromatic heterocycles. The van der Waals surface area contributed by atoms with Gasteiger partial charge in [-0.3, -0.25) is 9.36 Å². The summed E-state index contributed by atoms with van der Waals surface area (Å²) in [6.07, 6.45) is 1.99. The lowest BCUT2D eigenvalue weighted by Gasteiger charge is -2.24. The van der Waals surface area contributed by atoms with E-state index in [2.05, 4.69) is 72.2 Å². The molecule has 0 saturated carbocycles. The molecule has 0 radical (unpaired) electrons. The molecular formula is C39H35N3O4S. The van der Waals surface area contributed by atoms with Gasteiger partial charge in [0.25, 0.3) is 5.56 Å². The van der Waals surface area contributed by atoms with E-state index in [-0.39, 0.29) is 12.2 Å². The van der Waals surface area contributed by atoms with Gasteiger partial charge in [0.1, 0.15) is 5.75 Å². The maximum absolute atomic E-state index is 14.4. The molecule has 0 bridgehead atoms. The minimum atomic E-state index is -0.683. The standard InChI is InChI=1S/C39H35N3O4S/c1-5-45-29-20-18-27(19-21-29)36-35(38(44)46-6-2)24(3)40-39-42(36)37(43)34(47-39)22-32-25(4)41(33-17-10-9-16-31(32)33)23-28-14-11-13-26-12-7-8-15-30(26)28/h7-22,36H,5-6,23H2,1-4H3/b34-22-/t36-/m0/s1. The summed E-state index contributed by atoms with van der Waals surface area (Å²) in [7, 11) is 0. The van der Waals surface area contributed by atoms with Crippen molar-refractivity contribution >= 4 is 45.1 Å². The van der Waals surface area contributed by atoms with Gasteiger partial charge in [0, 0.05) is 28.7 Å². The van der Waals surface area contributed by atoms with E-state index in [1.165, 1.54) is 27.7 Å². The molecule has 0 amide bonds. The molecule has 0 saturated heterocycles. The molecule has 7 nitrogen and oxygen atoms in total. The second kappa shape index (κ2) is 12.5. The monoisotopic (exact) mass is 641 g/mol. The van der Waals surface area contributed by atoms with Crippen LogP contribution in [0.25, 0.3) is 27.8 Å². The highest BCUT2D eigenvalue weighted by atomic mass is 32.1. The molecule has 47 heavy (non-hydrogen) atoms. The lowest BCUT2D eigenvalue weighted by atomic mass is 9.96. The quantitative estimate of drug-likeness (QED) is 0.174. The van der Waals surface area contributed by atoms with Gasteiger partial charge in [0.05, 0.1) is 35.1 Å². The van der Waals surface area contributed by atoms with Crippen molar-refractivity contribution in [3.05, 3.63) is 144 Å². The SMILES string of the molecule is CCOC(=O)C1=C(C)N=c2s/c(=C\c3c(C)n(Cc4cccc5ccccc45)c4ccccc34)c(=O)n2[C@H]1c1ccc(OCC)cc1. The van der Waals surface area contributed by atoms with E-state index in [0.717, 1.165) is 33.5 Å². The number of esters is 1. The second-order valence-corrected chi connectivity index (χ2v) is 12.6. The van der Waals surface area contributed by atoms with Crippen LogP contribution in [0.5, 0.6) is 5.75 Å². The van der Waals surface area contributed by atoms with Crippen LogP contribution in [0.1, 0.15) is 49.2 Å². The normalized spacial score (nSPS) is 14.8. The molecule has 7 rings (SSSR count). The maximum atomic E-state index is 14.4. The zero-order valence-corrected chi connectivity index (χ0v) is 27.6. The average Bonchev–Trinajstić information content (AvgIpc) is 3.53. The number of carbonyl (C=O) groups excluding carboxylic acids is 1. The van der Waals surface area contributed by atoms with E-state index in [1.807, 2.05) is 43.3 Å². The number of hydrogen-bond donors (Lipinski definition) is 0. The molecule has 4 aromatic carbocycles. The molecule has 0 N–H and O–H groups in total. The first-order valence-electron chi connectivity index (χ1n) is 15.9. The fraction of sp³-hybridized carbons (Fsp3) is 0.205. The molecule has 1 atom stereocenters. The van der Waals surface area contributed by atoms with Gasteiger partial charge in [0.15, 0.2) is 4.80 Å². The number of rotatable bonds is 8. The summed E-state index contributed by atoms with van der Waals surface area (Å²) in [5.74, 6) is 0.242. The Kier molecular flexibility index (Phi) is 8.12. The summed E-state index contributed by atoms with van der Waals surface area (Å²) in [5.41, 5.74) is 5.87. The highest BCUT2D eigenvalue weighted by Crippen LogP contribution is 2.32. The highest BCUT2D eigenvalue weighted by Gasteiger charge is 2.33. The van der Waals surface area contributed by atoms with Crippen LogP contribution in [-0.2, 0) is 16.1 Å². The summed E-state index contributed by atoms with van der Waals surface area (Å²) in [6, 6.07) is 30.0. The van der Waals surface area contributed by atoms with Crippen molar-refractivity contribution in [1.29, 1.82) is 0 Å². The van der Waals surface area contributed by atoms with Crippen LogP contribution in [0.2, 0.25) is 0 Å². The molecule has 3 heterocycles. The number of nitrogens with zero attached hydrogens (tertiary/aromatic N) is 3. The Bertz CT molecular complexity index is 2370. The van der Waals surface area contributed by atoms with Crippen LogP contribution >= 0.6 is 11.3 Å². The van der Waals surface area contributed by atoms with Crippen LogP contribution in [0.15, 0.2) is 112 Å². The number of benzene rings is 4. The predicted octanol–water partition coefficient (Wildman–Crippen LogP) is 6.66. The number of para-hydroxylation sites is 1. The van der Waals surface area contributed by atoms with Crippen molar-refractivity contribution < 1.29 is 14.3 Å². The van der Waals surface area contributed by atoms with E-state index in [4.69, 9.17) is 14.5 Å². The van der Waals surface area contributed by atoms with Crippen molar-refractivity contribution in [1.82, 2.24) is 9.13 Å². The van der Waals surface area contributed by atoms with Gasteiger partial charge in [-0.15, -0.1) is 0 Å². The smallest absolute Gasteiger partial charge is 0.338 e. The van der Waals surface area contributed by atoms with E-state index in [0.29, 0.717) is 33.8 Å². The number of allylic oxidation sites excluding steroid dienone is 1. The molecule has 0 aliphatic carbocycles. The van der Waals surface area contributed by atoms with Gasteiger partial charge >= 0.3 is 5.97 Å². The fourth-order valence-corrected chi connectivity index (χ4v) is 7.62. The van der Waals surface area contributed by atoms with Crippen molar-refractivity contribution in [3.63, 3.8) is 0 Å². The predicted molar refractivity (Wildman–Crippen MR) is 188 cm³/mol. The minimum absolute atomic E-state index is 0.202. The summed E-state index contributed by atoms with van der Waals surface area (Å²) >= 11 is 1.34. The fourth-order valence-electron chi connectivity index (χ4n) is 6.60. The Morgan fingerprint density at radius 1 is 0.894 bits per heavy atom.